The van der Waals surface area contributed by atoms with Crippen molar-refractivity contribution in [1.29, 1.82) is 0 Å². The van der Waals surface area contributed by atoms with Gasteiger partial charge in [-0.25, -0.2) is 18.0 Å². The average Bonchev–Trinajstić information content (AvgIpc) is 3.61. The normalized spacial score (nSPS) is 22.1. The van der Waals surface area contributed by atoms with Gasteiger partial charge in [0.1, 0.15) is 18.5 Å². The molecule has 3 fully saturated rings. The summed E-state index contributed by atoms with van der Waals surface area (Å²) in [5.74, 6) is -3.81. The topological polar surface area (TPSA) is 76.9 Å². The van der Waals surface area contributed by atoms with E-state index in [4.69, 9.17) is 9.47 Å². The maximum absolute atomic E-state index is 14.5. The Morgan fingerprint density at radius 2 is 1.77 bits per heavy atom. The van der Waals surface area contributed by atoms with Gasteiger partial charge in [-0.05, 0) is 42.2 Å². The molecule has 11 heteroatoms. The first-order valence-electron chi connectivity index (χ1n) is 16.2. The number of nitrogens with zero attached hydrogens (tertiary/aromatic N) is 4. The van der Waals surface area contributed by atoms with E-state index in [0.717, 1.165) is 18.1 Å². The number of fused-ring (bicyclic) bond motifs is 1. The van der Waals surface area contributed by atoms with E-state index >= 15 is 0 Å². The molecule has 1 aliphatic carbocycles. The Hall–Kier alpha value is -4.12. The summed E-state index contributed by atoms with van der Waals surface area (Å²) in [5.41, 5.74) is 1.45. The van der Waals surface area contributed by atoms with Gasteiger partial charge in [0.05, 0.1) is 35.9 Å². The summed E-state index contributed by atoms with van der Waals surface area (Å²) in [6.07, 6.45) is 3.61. The maximum Gasteiger partial charge on any atom is 0.338 e. The van der Waals surface area contributed by atoms with Crippen LogP contribution in [-0.4, -0.2) is 76.8 Å². The predicted molar refractivity (Wildman–Crippen MR) is 169 cm³/mol. The molecule has 3 aliphatic heterocycles. The number of esters is 1. The van der Waals surface area contributed by atoms with Gasteiger partial charge in [-0.1, -0.05) is 50.8 Å². The van der Waals surface area contributed by atoms with Gasteiger partial charge in [0.2, 0.25) is 0 Å². The van der Waals surface area contributed by atoms with Crippen molar-refractivity contribution in [1.82, 2.24) is 19.6 Å². The van der Waals surface area contributed by atoms with Crippen molar-refractivity contribution in [3.63, 3.8) is 0 Å². The van der Waals surface area contributed by atoms with Gasteiger partial charge in [0.15, 0.2) is 0 Å². The molecule has 2 aromatic carbocycles. The van der Waals surface area contributed by atoms with Crippen LogP contribution in [0.1, 0.15) is 71.6 Å². The molecule has 2 saturated heterocycles. The SMILES string of the molecule is C=C(N1CC2(C1)CN(C(=O)c1cnn(Cc3ccc(F)cc3)c1)CC2COC1COC(=O)c2ccccc21)C1(C(C)(F)F)CC1.CC. The van der Waals surface area contributed by atoms with Gasteiger partial charge in [-0.2, -0.15) is 5.10 Å². The number of carbonyl (C=O) groups is 2. The smallest absolute Gasteiger partial charge is 0.338 e. The molecule has 2 atom stereocenters. The van der Waals surface area contributed by atoms with Crippen molar-refractivity contribution >= 4 is 11.9 Å². The van der Waals surface area contributed by atoms with Crippen LogP contribution in [0.15, 0.2) is 73.2 Å². The van der Waals surface area contributed by atoms with Crippen molar-refractivity contribution in [3.05, 3.63) is 101 Å². The summed E-state index contributed by atoms with van der Waals surface area (Å²) in [6.45, 7) is 11.7. The lowest BCUT2D eigenvalue weighted by atomic mass is 9.70. The maximum atomic E-state index is 14.5. The van der Waals surface area contributed by atoms with Crippen LogP contribution < -0.4 is 0 Å². The molecule has 0 radical (unpaired) electrons. The van der Waals surface area contributed by atoms with Crippen molar-refractivity contribution < 1.29 is 32.2 Å². The van der Waals surface area contributed by atoms with Gasteiger partial charge in [-0.3, -0.25) is 9.48 Å². The molecule has 4 aliphatic rings. The van der Waals surface area contributed by atoms with Crippen molar-refractivity contribution in [2.24, 2.45) is 16.7 Å². The molecule has 1 saturated carbocycles. The van der Waals surface area contributed by atoms with Gasteiger partial charge < -0.3 is 19.3 Å². The number of likely N-dealkylation sites (tertiary alicyclic amines) is 2. The molecule has 0 N–H and O–H groups in total. The van der Waals surface area contributed by atoms with E-state index in [1.807, 2.05) is 30.9 Å². The Kier molecular flexibility index (Phi) is 8.71. The Bertz CT molecular complexity index is 1640. The van der Waals surface area contributed by atoms with Crippen LogP contribution >= 0.6 is 0 Å². The highest BCUT2D eigenvalue weighted by Gasteiger charge is 2.65. The lowest BCUT2D eigenvalue weighted by Gasteiger charge is -2.54. The fourth-order valence-corrected chi connectivity index (χ4v) is 7.26. The first-order valence-corrected chi connectivity index (χ1v) is 16.2. The van der Waals surface area contributed by atoms with E-state index in [0.29, 0.717) is 69.0 Å². The van der Waals surface area contributed by atoms with Crippen molar-refractivity contribution in [3.8, 4) is 0 Å². The Labute approximate surface area is 273 Å². The summed E-state index contributed by atoms with van der Waals surface area (Å²) in [5, 5.41) is 4.35. The summed E-state index contributed by atoms with van der Waals surface area (Å²) >= 11 is 0. The van der Waals surface area contributed by atoms with Gasteiger partial charge >= 0.3 is 5.97 Å². The van der Waals surface area contributed by atoms with Gasteiger partial charge in [-0.15, -0.1) is 0 Å². The second kappa shape index (κ2) is 12.5. The molecule has 1 spiro atoms. The molecular weight excluding hydrogens is 609 g/mol. The van der Waals surface area contributed by atoms with Gasteiger partial charge in [0.25, 0.3) is 11.8 Å². The third kappa shape index (κ3) is 6.06. The Balaban J connectivity index is 0.00000190. The lowest BCUT2D eigenvalue weighted by molar-refractivity contribution is -0.0883. The van der Waals surface area contributed by atoms with Crippen molar-refractivity contribution in [2.45, 2.75) is 52.2 Å². The zero-order chi connectivity index (χ0) is 33.6. The monoisotopic (exact) mass is 650 g/mol. The number of cyclic esters (lactones) is 1. The molecule has 1 amide bonds. The highest BCUT2D eigenvalue weighted by atomic mass is 19.3. The molecule has 3 aromatic rings. The molecule has 7 rings (SSSR count). The number of hydrogen-bond acceptors (Lipinski definition) is 6. The van der Waals surface area contributed by atoms with E-state index in [1.54, 1.807) is 40.0 Å². The molecule has 8 nitrogen and oxygen atoms in total. The Morgan fingerprint density at radius 1 is 1.09 bits per heavy atom. The van der Waals surface area contributed by atoms with Crippen LogP contribution in [0.2, 0.25) is 0 Å². The average molecular weight is 651 g/mol. The number of hydrogen-bond donors (Lipinski definition) is 0. The zero-order valence-electron chi connectivity index (χ0n) is 27.1. The second-order valence-corrected chi connectivity index (χ2v) is 13.1. The number of rotatable bonds is 9. The minimum absolute atomic E-state index is 0.0816. The van der Waals surface area contributed by atoms with E-state index in [1.165, 1.54) is 18.3 Å². The first-order chi connectivity index (χ1) is 22.5. The summed E-state index contributed by atoms with van der Waals surface area (Å²) in [7, 11) is 0. The molecule has 4 heterocycles. The van der Waals surface area contributed by atoms with Crippen LogP contribution in [0, 0.1) is 22.6 Å². The minimum atomic E-state index is -2.85. The molecule has 0 bridgehead atoms. The minimum Gasteiger partial charge on any atom is -0.459 e. The van der Waals surface area contributed by atoms with Gasteiger partial charge in [0, 0.05) is 56.3 Å². The highest BCUT2D eigenvalue weighted by Crippen LogP contribution is 2.63. The fraction of sp³-hybridized carbons (Fsp3) is 0.472. The summed E-state index contributed by atoms with van der Waals surface area (Å²) < 4.78 is 55.8. The molecule has 47 heavy (non-hydrogen) atoms. The largest absolute Gasteiger partial charge is 0.459 e. The third-order valence-electron chi connectivity index (χ3n) is 10.2. The van der Waals surface area contributed by atoms with Crippen LogP contribution in [0.3, 0.4) is 0 Å². The number of allylic oxidation sites excluding steroid dienone is 1. The number of halogens is 3. The molecule has 2 unspecified atom stereocenters. The molecular formula is C36H41F3N4O4. The van der Waals surface area contributed by atoms with E-state index in [-0.39, 0.29) is 35.6 Å². The number of carbonyl (C=O) groups excluding carboxylic acids is 2. The Morgan fingerprint density at radius 3 is 2.45 bits per heavy atom. The van der Waals surface area contributed by atoms with Crippen LogP contribution in [0.25, 0.3) is 0 Å². The fourth-order valence-electron chi connectivity index (χ4n) is 7.26. The second-order valence-electron chi connectivity index (χ2n) is 13.1. The molecule has 1 aromatic heterocycles. The first kappa shape index (κ1) is 32.8. The van der Waals surface area contributed by atoms with Crippen molar-refractivity contribution in [2.75, 3.05) is 39.4 Å². The number of aromatic nitrogens is 2. The predicted octanol–water partition coefficient (Wildman–Crippen LogP) is 6.35. The summed E-state index contributed by atoms with van der Waals surface area (Å²) in [4.78, 5) is 29.8. The number of alkyl halides is 2. The van der Waals surface area contributed by atoms with E-state index in [2.05, 4.69) is 11.7 Å². The lowest BCUT2D eigenvalue weighted by Crippen LogP contribution is -2.61. The third-order valence-corrected chi connectivity index (χ3v) is 10.2. The zero-order valence-corrected chi connectivity index (χ0v) is 27.1. The molecule has 250 valence electrons. The van der Waals surface area contributed by atoms with E-state index in [9.17, 15) is 22.8 Å². The number of benzene rings is 2. The van der Waals surface area contributed by atoms with Crippen LogP contribution in [-0.2, 0) is 16.0 Å². The number of amides is 1. The van der Waals surface area contributed by atoms with E-state index < -0.39 is 17.4 Å². The van der Waals surface area contributed by atoms with Crippen LogP contribution in [0.5, 0.6) is 0 Å². The van der Waals surface area contributed by atoms with Crippen LogP contribution in [0.4, 0.5) is 13.2 Å². The number of ether oxygens (including phenoxy) is 2. The summed E-state index contributed by atoms with van der Waals surface area (Å²) in [6, 6.07) is 13.3. The highest BCUT2D eigenvalue weighted by molar-refractivity contribution is 5.94. The quantitative estimate of drug-likeness (QED) is 0.252. The standard InChI is InChI=1S/C34H35F3N4O4.C2H6/c1-22(34(11-12-34)32(2,36)37)40-20-33(21-40)19-39(30(42)24-13-38-41(15-24)14-23-7-9-26(35)10-8-23)16-25(33)17-44-29-18-45-31(43)28-6-4-3-5-27(28)29;1-2/h3-10,13,15,25,29H,1,11-12,14,16-21H2,2H3;1-2H3.